The van der Waals surface area contributed by atoms with E-state index >= 15 is 0 Å². The van der Waals surface area contributed by atoms with Gasteiger partial charge < -0.3 is 9.47 Å². The van der Waals surface area contributed by atoms with E-state index in [0.717, 1.165) is 24.8 Å². The zero-order chi connectivity index (χ0) is 17.9. The van der Waals surface area contributed by atoms with Crippen LogP contribution in [0.15, 0.2) is 35.5 Å². The molecule has 24 heavy (non-hydrogen) atoms. The molecule has 0 bridgehead atoms. The summed E-state index contributed by atoms with van der Waals surface area (Å²) in [4.78, 5) is 24.0. The van der Waals surface area contributed by atoms with Crippen LogP contribution in [0.1, 0.15) is 53.4 Å². The standard InChI is InChI=1S/C20H28O4/c1-6-13(3)19(21)23-17-10-8-12(2)7-9-16-15(5)20(22)24-18(16)11-14(17)4/h8,11,13,16-18H,5-7,9-10H2,1-4H3. The van der Waals surface area contributed by atoms with Crippen LogP contribution in [0.4, 0.5) is 0 Å². The second-order valence-corrected chi connectivity index (χ2v) is 6.97. The number of rotatable bonds is 3. The van der Waals surface area contributed by atoms with Crippen molar-refractivity contribution in [2.24, 2.45) is 11.8 Å². The van der Waals surface area contributed by atoms with E-state index in [9.17, 15) is 9.59 Å². The zero-order valence-corrected chi connectivity index (χ0v) is 15.1. The summed E-state index contributed by atoms with van der Waals surface area (Å²) in [5.41, 5.74) is 2.71. The first-order chi connectivity index (χ1) is 11.3. The van der Waals surface area contributed by atoms with Crippen LogP contribution in [0, 0.1) is 11.8 Å². The fourth-order valence-electron chi connectivity index (χ4n) is 3.03. The Balaban J connectivity index is 2.26. The van der Waals surface area contributed by atoms with Crippen molar-refractivity contribution in [2.45, 2.75) is 65.6 Å². The molecule has 4 atom stereocenters. The molecule has 4 unspecified atom stereocenters. The number of allylic oxidation sites excluding steroid dienone is 1. The highest BCUT2D eigenvalue weighted by Gasteiger charge is 2.37. The summed E-state index contributed by atoms with van der Waals surface area (Å²) in [6, 6.07) is 0. The van der Waals surface area contributed by atoms with Crippen LogP contribution in [-0.4, -0.2) is 24.1 Å². The molecule has 0 spiro atoms. The van der Waals surface area contributed by atoms with Crippen molar-refractivity contribution in [3.8, 4) is 0 Å². The highest BCUT2D eigenvalue weighted by atomic mass is 16.6. The van der Waals surface area contributed by atoms with E-state index in [1.54, 1.807) is 0 Å². The maximum absolute atomic E-state index is 12.2. The van der Waals surface area contributed by atoms with E-state index in [-0.39, 0.29) is 36.0 Å². The lowest BCUT2D eigenvalue weighted by Crippen LogP contribution is -2.25. The van der Waals surface area contributed by atoms with Gasteiger partial charge in [-0.2, -0.15) is 0 Å². The van der Waals surface area contributed by atoms with E-state index in [2.05, 4.69) is 19.6 Å². The molecule has 4 nitrogen and oxygen atoms in total. The third-order valence-electron chi connectivity index (χ3n) is 5.09. The summed E-state index contributed by atoms with van der Waals surface area (Å²) in [7, 11) is 0. The van der Waals surface area contributed by atoms with Crippen molar-refractivity contribution < 1.29 is 19.1 Å². The topological polar surface area (TPSA) is 52.6 Å². The van der Waals surface area contributed by atoms with Crippen LogP contribution in [0.3, 0.4) is 0 Å². The Kier molecular flexibility index (Phi) is 6.03. The van der Waals surface area contributed by atoms with Crippen molar-refractivity contribution in [1.29, 1.82) is 0 Å². The van der Waals surface area contributed by atoms with Gasteiger partial charge in [0, 0.05) is 17.9 Å². The quantitative estimate of drug-likeness (QED) is 0.443. The van der Waals surface area contributed by atoms with E-state index in [1.165, 1.54) is 5.57 Å². The van der Waals surface area contributed by atoms with Gasteiger partial charge in [0.15, 0.2) is 0 Å². The molecule has 1 fully saturated rings. The lowest BCUT2D eigenvalue weighted by Gasteiger charge is -2.23. The summed E-state index contributed by atoms with van der Waals surface area (Å²) in [5, 5.41) is 0. The molecule has 0 saturated carbocycles. The predicted octanol–water partition coefficient (Wildman–Crippen LogP) is 4.12. The van der Waals surface area contributed by atoms with Crippen molar-refractivity contribution >= 4 is 11.9 Å². The molecule has 1 aliphatic heterocycles. The molecule has 0 N–H and O–H groups in total. The molecule has 1 aliphatic carbocycles. The normalized spacial score (nSPS) is 29.1. The maximum Gasteiger partial charge on any atom is 0.334 e. The predicted molar refractivity (Wildman–Crippen MR) is 93.2 cm³/mol. The molecule has 4 heteroatoms. The van der Waals surface area contributed by atoms with Crippen LogP contribution >= 0.6 is 0 Å². The lowest BCUT2D eigenvalue weighted by molar-refractivity contribution is -0.151. The summed E-state index contributed by atoms with van der Waals surface area (Å²) in [6.45, 7) is 11.7. The molecule has 0 aromatic rings. The van der Waals surface area contributed by atoms with Crippen LogP contribution < -0.4 is 0 Å². The number of ether oxygens (including phenoxy) is 2. The number of carbonyl (C=O) groups is 2. The monoisotopic (exact) mass is 332 g/mol. The summed E-state index contributed by atoms with van der Waals surface area (Å²) >= 11 is 0. The summed E-state index contributed by atoms with van der Waals surface area (Å²) in [6.07, 6.45) is 6.59. The second kappa shape index (κ2) is 7.82. The van der Waals surface area contributed by atoms with Crippen LogP contribution in [0.5, 0.6) is 0 Å². The van der Waals surface area contributed by atoms with Crippen LogP contribution in [0.25, 0.3) is 0 Å². The Morgan fingerprint density at radius 3 is 2.83 bits per heavy atom. The Labute approximate surface area is 144 Å². The molecular weight excluding hydrogens is 304 g/mol. The number of carbonyl (C=O) groups excluding carboxylic acids is 2. The minimum Gasteiger partial charge on any atom is -0.457 e. The molecule has 2 rings (SSSR count). The van der Waals surface area contributed by atoms with E-state index in [1.807, 2.05) is 26.8 Å². The van der Waals surface area contributed by atoms with Gasteiger partial charge in [0.25, 0.3) is 0 Å². The Morgan fingerprint density at radius 2 is 2.17 bits per heavy atom. The minimum absolute atomic E-state index is 0.000169. The lowest BCUT2D eigenvalue weighted by atomic mass is 9.87. The largest absolute Gasteiger partial charge is 0.457 e. The van der Waals surface area contributed by atoms with Crippen molar-refractivity contribution in [2.75, 3.05) is 0 Å². The molecule has 2 aliphatic rings. The van der Waals surface area contributed by atoms with Gasteiger partial charge in [-0.25, -0.2) is 4.79 Å². The number of hydrogen-bond acceptors (Lipinski definition) is 4. The van der Waals surface area contributed by atoms with Gasteiger partial charge in [-0.05, 0) is 44.8 Å². The summed E-state index contributed by atoms with van der Waals surface area (Å²) in [5.74, 6) is -0.610. The van der Waals surface area contributed by atoms with Gasteiger partial charge in [-0.3, -0.25) is 4.79 Å². The minimum atomic E-state index is -0.317. The van der Waals surface area contributed by atoms with E-state index in [4.69, 9.17) is 9.47 Å². The van der Waals surface area contributed by atoms with E-state index in [0.29, 0.717) is 12.0 Å². The van der Waals surface area contributed by atoms with Gasteiger partial charge >= 0.3 is 11.9 Å². The Hall–Kier alpha value is -1.84. The highest BCUT2D eigenvalue weighted by Crippen LogP contribution is 2.34. The SMILES string of the molecule is C=C1C(=O)OC2C=C(C)C(OC(=O)C(C)CC)CC=C(C)CCC12. The van der Waals surface area contributed by atoms with Gasteiger partial charge in [-0.15, -0.1) is 0 Å². The summed E-state index contributed by atoms with van der Waals surface area (Å²) < 4.78 is 11.2. The van der Waals surface area contributed by atoms with Crippen LogP contribution in [-0.2, 0) is 19.1 Å². The molecule has 132 valence electrons. The Bertz CT molecular complexity index is 584. The smallest absolute Gasteiger partial charge is 0.334 e. The van der Waals surface area contributed by atoms with E-state index < -0.39 is 0 Å². The van der Waals surface area contributed by atoms with Crippen molar-refractivity contribution in [1.82, 2.24) is 0 Å². The molecule has 1 saturated heterocycles. The molecule has 0 amide bonds. The van der Waals surface area contributed by atoms with Crippen molar-refractivity contribution in [3.05, 3.63) is 35.5 Å². The molecular formula is C20H28O4. The van der Waals surface area contributed by atoms with Crippen LogP contribution in [0.2, 0.25) is 0 Å². The highest BCUT2D eigenvalue weighted by molar-refractivity contribution is 5.91. The van der Waals surface area contributed by atoms with Crippen molar-refractivity contribution in [3.63, 3.8) is 0 Å². The number of esters is 2. The average molecular weight is 332 g/mol. The molecule has 0 aromatic heterocycles. The fourth-order valence-corrected chi connectivity index (χ4v) is 3.03. The van der Waals surface area contributed by atoms with Gasteiger partial charge in [0.05, 0.1) is 5.92 Å². The number of hydrogen-bond donors (Lipinski definition) is 0. The number of fused-ring (bicyclic) bond motifs is 1. The molecule has 0 aromatic carbocycles. The van der Waals surface area contributed by atoms with Gasteiger partial charge in [0.2, 0.25) is 0 Å². The first-order valence-electron chi connectivity index (χ1n) is 8.77. The average Bonchev–Trinajstić information content (AvgIpc) is 2.81. The van der Waals surface area contributed by atoms with Gasteiger partial charge in [-0.1, -0.05) is 32.1 Å². The molecule has 0 radical (unpaired) electrons. The first-order valence-corrected chi connectivity index (χ1v) is 8.77. The third kappa shape index (κ3) is 4.16. The van der Waals surface area contributed by atoms with Gasteiger partial charge in [0.1, 0.15) is 12.2 Å². The fraction of sp³-hybridized carbons (Fsp3) is 0.600. The first kappa shape index (κ1) is 18.5. The Morgan fingerprint density at radius 1 is 1.46 bits per heavy atom. The molecule has 1 heterocycles. The third-order valence-corrected chi connectivity index (χ3v) is 5.09. The zero-order valence-electron chi connectivity index (χ0n) is 15.1. The second-order valence-electron chi connectivity index (χ2n) is 6.97. The maximum atomic E-state index is 12.2.